The molecule has 0 fully saturated rings. The van der Waals surface area contributed by atoms with Gasteiger partial charge in [-0.2, -0.15) is 0 Å². The molecule has 0 rings (SSSR count). The summed E-state index contributed by atoms with van der Waals surface area (Å²) < 4.78 is 0. The molecule has 0 amide bonds. The van der Waals surface area contributed by atoms with Crippen molar-refractivity contribution in [3.8, 4) is 0 Å². The quantitative estimate of drug-likeness (QED) is 0.551. The lowest BCUT2D eigenvalue weighted by Gasteiger charge is -1.68. The first kappa shape index (κ1) is 15.7. The number of rotatable bonds is 0. The van der Waals surface area contributed by atoms with Crippen LogP contribution in [0.25, 0.3) is 0 Å². The van der Waals surface area contributed by atoms with Crippen molar-refractivity contribution in [2.75, 3.05) is 0 Å². The van der Waals surface area contributed by atoms with Gasteiger partial charge in [0.25, 0.3) is 0 Å². The van der Waals surface area contributed by atoms with Crippen LogP contribution < -0.4 is 11.5 Å². The summed E-state index contributed by atoms with van der Waals surface area (Å²) in [7, 11) is 0. The molecule has 0 bridgehead atoms. The van der Waals surface area contributed by atoms with Gasteiger partial charge in [-0.15, -0.1) is 17.0 Å². The normalized spacial score (nSPS) is 4.29. The van der Waals surface area contributed by atoms with Gasteiger partial charge >= 0.3 is 0 Å². The Hall–Kier alpha value is 0.170. The van der Waals surface area contributed by atoms with Crippen LogP contribution >= 0.6 is 29.2 Å². The number of hydrogen-bond donors (Lipinski definition) is 2. The highest BCUT2D eigenvalue weighted by Crippen LogP contribution is 1.32. The van der Waals surface area contributed by atoms with Gasteiger partial charge in [0.2, 0.25) is 0 Å². The highest BCUT2D eigenvalue weighted by atomic mass is 79.9. The Morgan fingerprint density at radius 2 is 1.29 bits per heavy atom. The minimum atomic E-state index is 0. The fourth-order valence-corrected chi connectivity index (χ4v) is 0. The van der Waals surface area contributed by atoms with Crippen molar-refractivity contribution in [2.24, 2.45) is 11.5 Å². The number of thiocarbonyl (C=S) groups is 1. The maximum absolute atomic E-state index is 4.62. The fraction of sp³-hybridized carbons (Fsp3) is 0.667. The van der Waals surface area contributed by atoms with Gasteiger partial charge in [-0.3, -0.25) is 0 Å². The Bertz CT molecular complexity index is 35.9. The van der Waals surface area contributed by atoms with Crippen LogP contribution in [0.2, 0.25) is 0 Å². The third-order valence-electron chi connectivity index (χ3n) is 0. The first-order chi connectivity index (χ1) is 2.73. The van der Waals surface area contributed by atoms with E-state index in [-0.39, 0.29) is 22.1 Å². The summed E-state index contributed by atoms with van der Waals surface area (Å²) in [5.74, 6) is 0. The second-order valence-electron chi connectivity index (χ2n) is 0.402. The van der Waals surface area contributed by atoms with E-state index in [0.717, 1.165) is 0 Å². The molecule has 0 radical (unpaired) electrons. The van der Waals surface area contributed by atoms with Gasteiger partial charge in [-0.1, -0.05) is 13.8 Å². The summed E-state index contributed by atoms with van der Waals surface area (Å²) in [6.45, 7) is 4.00. The summed E-state index contributed by atoms with van der Waals surface area (Å²) in [5.41, 5.74) is 9.24. The van der Waals surface area contributed by atoms with Crippen LogP contribution in [-0.2, 0) is 0 Å². The topological polar surface area (TPSA) is 52.0 Å². The fourth-order valence-electron chi connectivity index (χ4n) is 0. The van der Waals surface area contributed by atoms with E-state index in [2.05, 4.69) is 23.7 Å². The van der Waals surface area contributed by atoms with Gasteiger partial charge in [0, 0.05) is 0 Å². The number of nitrogens with two attached hydrogens (primary N) is 2. The summed E-state index contributed by atoms with van der Waals surface area (Å²) in [4.78, 5) is 0. The van der Waals surface area contributed by atoms with Crippen molar-refractivity contribution >= 4 is 34.3 Å². The van der Waals surface area contributed by atoms with E-state index in [4.69, 9.17) is 0 Å². The van der Waals surface area contributed by atoms with E-state index in [1.807, 2.05) is 13.8 Å². The molecule has 0 aliphatic carbocycles. The summed E-state index contributed by atoms with van der Waals surface area (Å²) in [6, 6.07) is 0. The SMILES string of the molecule is Br.CC.NC(N)=S. The molecule has 0 aromatic rings. The van der Waals surface area contributed by atoms with Gasteiger partial charge in [0.1, 0.15) is 0 Å². The van der Waals surface area contributed by atoms with Crippen LogP contribution in [0.1, 0.15) is 13.8 Å². The molecule has 2 nitrogen and oxygen atoms in total. The van der Waals surface area contributed by atoms with E-state index < -0.39 is 0 Å². The molecular formula is C3H11BrN2S. The lowest BCUT2D eigenvalue weighted by molar-refractivity contribution is 1.50. The molecule has 4 N–H and O–H groups in total. The average Bonchev–Trinajstić information content (AvgIpc) is 1.41. The molecule has 4 heteroatoms. The average molecular weight is 187 g/mol. The second kappa shape index (κ2) is 16.4. The summed E-state index contributed by atoms with van der Waals surface area (Å²) >= 11 is 4.09. The molecule has 7 heavy (non-hydrogen) atoms. The predicted octanol–water partition coefficient (Wildman–Crippen LogP) is 0.793. The Balaban J connectivity index is -0.0000000480. The van der Waals surface area contributed by atoms with E-state index in [9.17, 15) is 0 Å². The maximum atomic E-state index is 4.62. The first-order valence-corrected chi connectivity index (χ1v) is 2.19. The molecule has 0 aromatic carbocycles. The zero-order valence-corrected chi connectivity index (χ0v) is 7.00. The van der Waals surface area contributed by atoms with Crippen LogP contribution in [0.4, 0.5) is 0 Å². The van der Waals surface area contributed by atoms with Crippen LogP contribution in [0.15, 0.2) is 0 Å². The largest absolute Gasteiger partial charge is 0.377 e. The van der Waals surface area contributed by atoms with Crippen molar-refractivity contribution < 1.29 is 0 Å². The van der Waals surface area contributed by atoms with E-state index in [0.29, 0.717) is 0 Å². The predicted molar refractivity (Wildman–Crippen MR) is 42.6 cm³/mol. The smallest absolute Gasteiger partial charge is 0.160 e. The molecule has 0 spiro atoms. The zero-order chi connectivity index (χ0) is 5.58. The van der Waals surface area contributed by atoms with Crippen molar-refractivity contribution in [1.82, 2.24) is 0 Å². The van der Waals surface area contributed by atoms with Crippen molar-refractivity contribution in [3.63, 3.8) is 0 Å². The molecule has 0 aliphatic rings. The Labute approximate surface area is 60.0 Å². The summed E-state index contributed by atoms with van der Waals surface area (Å²) in [6.07, 6.45) is 0. The molecular weight excluding hydrogens is 176 g/mol. The molecule has 0 heterocycles. The lowest BCUT2D eigenvalue weighted by Crippen LogP contribution is -2.18. The monoisotopic (exact) mass is 186 g/mol. The van der Waals surface area contributed by atoms with Gasteiger partial charge in [-0.25, -0.2) is 0 Å². The third-order valence-corrected chi connectivity index (χ3v) is 0. The molecule has 0 saturated heterocycles. The zero-order valence-electron chi connectivity index (χ0n) is 4.47. The number of hydrogen-bond acceptors (Lipinski definition) is 1. The van der Waals surface area contributed by atoms with Crippen LogP contribution in [-0.4, -0.2) is 5.11 Å². The molecule has 46 valence electrons. The van der Waals surface area contributed by atoms with Crippen molar-refractivity contribution in [1.29, 1.82) is 0 Å². The molecule has 0 atom stereocenters. The van der Waals surface area contributed by atoms with Gasteiger partial charge in [0.05, 0.1) is 0 Å². The Morgan fingerprint density at radius 3 is 1.29 bits per heavy atom. The van der Waals surface area contributed by atoms with Crippen LogP contribution in [0, 0.1) is 0 Å². The van der Waals surface area contributed by atoms with Gasteiger partial charge in [0.15, 0.2) is 5.11 Å². The number of halogens is 1. The minimum Gasteiger partial charge on any atom is -0.377 e. The molecule has 0 aliphatic heterocycles. The highest BCUT2D eigenvalue weighted by Gasteiger charge is 1.53. The van der Waals surface area contributed by atoms with Gasteiger partial charge in [-0.05, 0) is 12.2 Å². The van der Waals surface area contributed by atoms with E-state index >= 15 is 0 Å². The minimum absolute atomic E-state index is 0. The van der Waals surface area contributed by atoms with Crippen molar-refractivity contribution in [2.45, 2.75) is 13.8 Å². The Kier molecular flexibility index (Phi) is 36.8. The third kappa shape index (κ3) is 3710. The van der Waals surface area contributed by atoms with E-state index in [1.165, 1.54) is 0 Å². The summed E-state index contributed by atoms with van der Waals surface area (Å²) in [5, 5.41) is 0.000000000000000222. The molecule has 0 unspecified atom stereocenters. The Morgan fingerprint density at radius 1 is 1.29 bits per heavy atom. The van der Waals surface area contributed by atoms with E-state index in [1.54, 1.807) is 0 Å². The second-order valence-corrected chi connectivity index (χ2v) is 0.874. The standard InChI is InChI=1S/C2H6.CH4N2S.BrH/c1-2;2-1(3)4;/h1-2H3;(H4,2,3,4);1H. The van der Waals surface area contributed by atoms with Crippen molar-refractivity contribution in [3.05, 3.63) is 0 Å². The highest BCUT2D eigenvalue weighted by molar-refractivity contribution is 8.93. The van der Waals surface area contributed by atoms with Crippen LogP contribution in [0.3, 0.4) is 0 Å². The molecule has 0 saturated carbocycles. The van der Waals surface area contributed by atoms with Gasteiger partial charge < -0.3 is 11.5 Å². The maximum Gasteiger partial charge on any atom is 0.160 e. The first-order valence-electron chi connectivity index (χ1n) is 1.78. The molecule has 0 aromatic heterocycles. The van der Waals surface area contributed by atoms with Crippen LogP contribution in [0.5, 0.6) is 0 Å². The lowest BCUT2D eigenvalue weighted by atomic mass is 11.0.